The van der Waals surface area contributed by atoms with Crippen LogP contribution in [-0.4, -0.2) is 16.3 Å². The molecule has 2 N–H and O–H groups in total. The summed E-state index contributed by atoms with van der Waals surface area (Å²) in [5.74, 6) is 0.338. The summed E-state index contributed by atoms with van der Waals surface area (Å²) in [5.41, 5.74) is 2.17. The number of nitriles is 1. The molecular weight excluding hydrogens is 320 g/mol. The fourth-order valence-corrected chi connectivity index (χ4v) is 2.08. The van der Waals surface area contributed by atoms with E-state index in [0.717, 1.165) is 5.56 Å². The minimum atomic E-state index is -0.639. The Bertz CT molecular complexity index is 966. The van der Waals surface area contributed by atoms with Gasteiger partial charge in [-0.3, -0.25) is 10.1 Å². The SMILES string of the molecule is N#Cc1ccc(OC(=O)Nc2ccc(-c3ccc(=O)[nH]n3)cc2)cc1. The van der Waals surface area contributed by atoms with Crippen LogP contribution in [0.3, 0.4) is 0 Å². The van der Waals surface area contributed by atoms with Crippen molar-refractivity contribution in [2.75, 3.05) is 5.32 Å². The lowest BCUT2D eigenvalue weighted by Gasteiger charge is -2.07. The largest absolute Gasteiger partial charge is 0.417 e. The molecule has 1 aromatic heterocycles. The molecule has 0 atom stereocenters. The summed E-state index contributed by atoms with van der Waals surface area (Å²) < 4.78 is 5.13. The summed E-state index contributed by atoms with van der Waals surface area (Å²) in [5, 5.41) is 17.6. The van der Waals surface area contributed by atoms with Gasteiger partial charge in [-0.05, 0) is 42.5 Å². The van der Waals surface area contributed by atoms with Gasteiger partial charge in [0.25, 0.3) is 5.56 Å². The first-order valence-electron chi connectivity index (χ1n) is 7.29. The third kappa shape index (κ3) is 4.09. The van der Waals surface area contributed by atoms with Crippen LogP contribution in [0.25, 0.3) is 11.3 Å². The molecule has 0 bridgehead atoms. The molecule has 2 aromatic carbocycles. The molecule has 3 rings (SSSR count). The Balaban J connectivity index is 1.64. The minimum Gasteiger partial charge on any atom is -0.410 e. The molecule has 0 fully saturated rings. The monoisotopic (exact) mass is 332 g/mol. The highest BCUT2D eigenvalue weighted by atomic mass is 16.6. The maximum absolute atomic E-state index is 11.9. The van der Waals surface area contributed by atoms with Crippen LogP contribution in [0.15, 0.2) is 65.5 Å². The number of nitrogens with one attached hydrogen (secondary N) is 2. The van der Waals surface area contributed by atoms with Crippen molar-refractivity contribution in [2.24, 2.45) is 0 Å². The van der Waals surface area contributed by atoms with E-state index < -0.39 is 6.09 Å². The van der Waals surface area contributed by atoms with Crippen molar-refractivity contribution in [3.63, 3.8) is 0 Å². The molecule has 0 saturated carbocycles. The van der Waals surface area contributed by atoms with Gasteiger partial charge in [0.15, 0.2) is 0 Å². The second kappa shape index (κ2) is 7.10. The Kier molecular flexibility index (Phi) is 4.53. The van der Waals surface area contributed by atoms with Gasteiger partial charge in [-0.1, -0.05) is 12.1 Å². The zero-order chi connectivity index (χ0) is 17.6. The standard InChI is InChI=1S/C18H12N4O3/c19-11-12-1-7-15(8-2-12)25-18(24)20-14-5-3-13(4-6-14)16-9-10-17(23)22-21-16/h1-10H,(H,20,24)(H,22,23). The summed E-state index contributed by atoms with van der Waals surface area (Å²) >= 11 is 0. The lowest BCUT2D eigenvalue weighted by atomic mass is 10.1. The van der Waals surface area contributed by atoms with E-state index >= 15 is 0 Å². The molecule has 0 spiro atoms. The zero-order valence-corrected chi connectivity index (χ0v) is 12.9. The molecule has 7 heteroatoms. The van der Waals surface area contributed by atoms with Crippen LogP contribution < -0.4 is 15.6 Å². The topological polar surface area (TPSA) is 108 Å². The molecule has 25 heavy (non-hydrogen) atoms. The molecule has 0 saturated heterocycles. The number of benzene rings is 2. The Hall–Kier alpha value is -3.92. The Labute approximate surface area is 142 Å². The number of carbonyl (C=O) groups excluding carboxylic acids is 1. The van der Waals surface area contributed by atoms with Crippen LogP contribution in [-0.2, 0) is 0 Å². The number of hydrogen-bond acceptors (Lipinski definition) is 5. The van der Waals surface area contributed by atoms with Crippen molar-refractivity contribution in [1.82, 2.24) is 10.2 Å². The molecular formula is C18H12N4O3. The lowest BCUT2D eigenvalue weighted by Crippen LogP contribution is -2.16. The number of ether oxygens (including phenoxy) is 1. The van der Waals surface area contributed by atoms with Crippen LogP contribution in [0.5, 0.6) is 5.75 Å². The van der Waals surface area contributed by atoms with E-state index in [-0.39, 0.29) is 5.56 Å². The van der Waals surface area contributed by atoms with E-state index in [4.69, 9.17) is 10.00 Å². The molecule has 0 aliphatic rings. The summed E-state index contributed by atoms with van der Waals surface area (Å²) in [7, 11) is 0. The zero-order valence-electron chi connectivity index (χ0n) is 12.9. The second-order valence-corrected chi connectivity index (χ2v) is 5.03. The number of nitrogens with zero attached hydrogens (tertiary/aromatic N) is 2. The molecule has 0 aliphatic heterocycles. The minimum absolute atomic E-state index is 0.271. The van der Waals surface area contributed by atoms with Crippen LogP contribution >= 0.6 is 0 Å². The first-order chi connectivity index (χ1) is 12.1. The third-order valence-electron chi connectivity index (χ3n) is 3.30. The van der Waals surface area contributed by atoms with Gasteiger partial charge < -0.3 is 4.74 Å². The van der Waals surface area contributed by atoms with Crippen LogP contribution in [0.4, 0.5) is 10.5 Å². The molecule has 0 unspecified atom stereocenters. The summed E-state index contributed by atoms with van der Waals surface area (Å²) in [4.78, 5) is 22.9. The number of anilines is 1. The number of aromatic amines is 1. The van der Waals surface area contributed by atoms with Crippen LogP contribution in [0.1, 0.15) is 5.56 Å². The second-order valence-electron chi connectivity index (χ2n) is 5.03. The Morgan fingerprint density at radius 2 is 1.76 bits per heavy atom. The van der Waals surface area contributed by atoms with E-state index in [0.29, 0.717) is 22.7 Å². The maximum Gasteiger partial charge on any atom is 0.417 e. The predicted molar refractivity (Wildman–Crippen MR) is 91.1 cm³/mol. The van der Waals surface area contributed by atoms with Gasteiger partial charge in [-0.15, -0.1) is 0 Å². The molecule has 0 aliphatic carbocycles. The number of aromatic nitrogens is 2. The van der Waals surface area contributed by atoms with Crippen molar-refractivity contribution < 1.29 is 9.53 Å². The van der Waals surface area contributed by atoms with Gasteiger partial charge in [0.2, 0.25) is 0 Å². The van der Waals surface area contributed by atoms with Crippen molar-refractivity contribution >= 4 is 11.8 Å². The van der Waals surface area contributed by atoms with Crippen molar-refractivity contribution in [1.29, 1.82) is 5.26 Å². The van der Waals surface area contributed by atoms with E-state index in [2.05, 4.69) is 15.5 Å². The highest BCUT2D eigenvalue weighted by molar-refractivity contribution is 5.86. The molecule has 1 heterocycles. The predicted octanol–water partition coefficient (Wildman–Crippen LogP) is 2.92. The fourth-order valence-electron chi connectivity index (χ4n) is 2.08. The summed E-state index contributed by atoms with van der Waals surface area (Å²) in [6.45, 7) is 0. The van der Waals surface area contributed by atoms with Crippen molar-refractivity contribution in [3.05, 3.63) is 76.6 Å². The van der Waals surface area contributed by atoms with Gasteiger partial charge in [0.1, 0.15) is 5.75 Å². The number of carbonyl (C=O) groups is 1. The number of amides is 1. The summed E-state index contributed by atoms with van der Waals surface area (Å²) in [6, 6.07) is 18.1. The molecule has 1 amide bonds. The van der Waals surface area contributed by atoms with Crippen molar-refractivity contribution in [2.45, 2.75) is 0 Å². The number of hydrogen-bond donors (Lipinski definition) is 2. The fraction of sp³-hybridized carbons (Fsp3) is 0. The van der Waals surface area contributed by atoms with Gasteiger partial charge in [0.05, 0.1) is 17.3 Å². The highest BCUT2D eigenvalue weighted by Gasteiger charge is 2.06. The van der Waals surface area contributed by atoms with E-state index in [9.17, 15) is 9.59 Å². The molecule has 3 aromatic rings. The van der Waals surface area contributed by atoms with Crippen molar-refractivity contribution in [3.8, 4) is 23.1 Å². The molecule has 7 nitrogen and oxygen atoms in total. The van der Waals surface area contributed by atoms with Gasteiger partial charge >= 0.3 is 6.09 Å². The Morgan fingerprint density at radius 3 is 2.36 bits per heavy atom. The van der Waals surface area contributed by atoms with Gasteiger partial charge in [-0.25, -0.2) is 9.89 Å². The van der Waals surface area contributed by atoms with E-state index in [1.165, 1.54) is 6.07 Å². The smallest absolute Gasteiger partial charge is 0.410 e. The van der Waals surface area contributed by atoms with E-state index in [1.807, 2.05) is 6.07 Å². The highest BCUT2D eigenvalue weighted by Crippen LogP contribution is 2.19. The lowest BCUT2D eigenvalue weighted by molar-refractivity contribution is 0.215. The van der Waals surface area contributed by atoms with Crippen LogP contribution in [0, 0.1) is 11.3 Å². The quantitative estimate of drug-likeness (QED) is 0.766. The molecule has 122 valence electrons. The third-order valence-corrected chi connectivity index (χ3v) is 3.30. The summed E-state index contributed by atoms with van der Waals surface area (Å²) in [6.07, 6.45) is -0.639. The number of H-pyrrole nitrogens is 1. The molecule has 0 radical (unpaired) electrons. The maximum atomic E-state index is 11.9. The Morgan fingerprint density at radius 1 is 1.04 bits per heavy atom. The first-order valence-corrected chi connectivity index (χ1v) is 7.29. The number of rotatable bonds is 3. The normalized spacial score (nSPS) is 9.88. The average Bonchev–Trinajstić information content (AvgIpc) is 2.64. The van der Waals surface area contributed by atoms with Crippen LogP contribution in [0.2, 0.25) is 0 Å². The average molecular weight is 332 g/mol. The first kappa shape index (κ1) is 16.0. The van der Waals surface area contributed by atoms with Gasteiger partial charge in [0, 0.05) is 17.3 Å². The van der Waals surface area contributed by atoms with Gasteiger partial charge in [-0.2, -0.15) is 10.4 Å². The van der Waals surface area contributed by atoms with E-state index in [1.54, 1.807) is 54.6 Å².